The van der Waals surface area contributed by atoms with Crippen molar-refractivity contribution in [1.29, 1.82) is 0 Å². The molecule has 1 aliphatic heterocycles. The molecular formula is C12H8ClN3O3S. The summed E-state index contributed by atoms with van der Waals surface area (Å²) >= 11 is 6.88. The van der Waals surface area contributed by atoms with Crippen molar-refractivity contribution < 1.29 is 14.3 Å². The van der Waals surface area contributed by atoms with Crippen LogP contribution in [0.3, 0.4) is 0 Å². The van der Waals surface area contributed by atoms with Crippen molar-refractivity contribution in [2.24, 2.45) is 0 Å². The van der Waals surface area contributed by atoms with E-state index in [1.807, 2.05) is 0 Å². The van der Waals surface area contributed by atoms with Gasteiger partial charge in [-0.2, -0.15) is 0 Å². The smallest absolute Gasteiger partial charge is 0.299 e. The minimum atomic E-state index is -0.584. The van der Waals surface area contributed by atoms with Crippen LogP contribution in [0, 0.1) is 0 Å². The van der Waals surface area contributed by atoms with Crippen molar-refractivity contribution in [2.45, 2.75) is 6.54 Å². The predicted octanol–water partition coefficient (Wildman–Crippen LogP) is 1.93. The number of anilines is 1. The fourth-order valence-electron chi connectivity index (χ4n) is 2.00. The van der Waals surface area contributed by atoms with E-state index in [0.29, 0.717) is 26.5 Å². The lowest BCUT2D eigenvalue weighted by molar-refractivity contribution is -0.114. The Morgan fingerprint density at radius 2 is 2.15 bits per heavy atom. The summed E-state index contributed by atoms with van der Waals surface area (Å²) in [5.74, 6) is -0.597. The molecule has 1 aromatic carbocycles. The fourth-order valence-corrected chi connectivity index (χ4v) is 2.85. The average molecular weight is 310 g/mol. The molecule has 0 unspecified atom stereocenters. The number of benzene rings is 1. The maximum absolute atomic E-state index is 12.0. The number of ketones is 1. The number of amides is 1. The van der Waals surface area contributed by atoms with Crippen molar-refractivity contribution in [3.05, 3.63) is 33.2 Å². The zero-order valence-electron chi connectivity index (χ0n) is 10.3. The molecule has 8 heteroatoms. The third-order valence-corrected chi connectivity index (χ3v) is 3.92. The van der Waals surface area contributed by atoms with Gasteiger partial charge in [-0.15, -0.1) is 10.2 Å². The second-order valence-corrected chi connectivity index (χ2v) is 5.70. The monoisotopic (exact) mass is 309 g/mol. The highest BCUT2D eigenvalue weighted by Gasteiger charge is 2.36. The average Bonchev–Trinajstić information content (AvgIpc) is 2.96. The van der Waals surface area contributed by atoms with Crippen LogP contribution in [0.25, 0.3) is 0 Å². The van der Waals surface area contributed by atoms with E-state index < -0.39 is 11.7 Å². The van der Waals surface area contributed by atoms with Crippen LogP contribution in [0.5, 0.6) is 5.75 Å². The molecule has 0 atom stereocenters. The minimum Gasteiger partial charge on any atom is -0.497 e. The van der Waals surface area contributed by atoms with Gasteiger partial charge in [-0.05, 0) is 29.8 Å². The molecule has 0 fully saturated rings. The molecule has 1 amide bonds. The fraction of sp³-hybridized carbons (Fsp3) is 0.167. The van der Waals surface area contributed by atoms with Crippen molar-refractivity contribution in [1.82, 2.24) is 10.2 Å². The second-order valence-electron chi connectivity index (χ2n) is 4.05. The largest absolute Gasteiger partial charge is 0.497 e. The third-order valence-electron chi connectivity index (χ3n) is 2.91. The van der Waals surface area contributed by atoms with Gasteiger partial charge in [0.1, 0.15) is 10.8 Å². The first-order valence-electron chi connectivity index (χ1n) is 5.62. The molecule has 2 heterocycles. The quantitative estimate of drug-likeness (QED) is 0.810. The topological polar surface area (TPSA) is 72.4 Å². The molecule has 2 aromatic rings. The second kappa shape index (κ2) is 4.84. The molecule has 0 bridgehead atoms. The molecule has 0 N–H and O–H groups in total. The summed E-state index contributed by atoms with van der Waals surface area (Å²) in [6.45, 7) is 0.175. The van der Waals surface area contributed by atoms with E-state index in [-0.39, 0.29) is 6.54 Å². The van der Waals surface area contributed by atoms with Gasteiger partial charge >= 0.3 is 0 Å². The molecule has 102 valence electrons. The summed E-state index contributed by atoms with van der Waals surface area (Å²) < 4.78 is 5.36. The van der Waals surface area contributed by atoms with Crippen LogP contribution in [0.4, 0.5) is 5.69 Å². The van der Waals surface area contributed by atoms with Crippen molar-refractivity contribution in [3.8, 4) is 5.75 Å². The van der Waals surface area contributed by atoms with Crippen LogP contribution in [-0.2, 0) is 11.3 Å². The Morgan fingerprint density at radius 3 is 2.80 bits per heavy atom. The van der Waals surface area contributed by atoms with E-state index in [1.54, 1.807) is 18.2 Å². The minimum absolute atomic E-state index is 0.175. The Morgan fingerprint density at radius 1 is 1.35 bits per heavy atom. The summed E-state index contributed by atoms with van der Waals surface area (Å²) in [6.07, 6.45) is 0. The van der Waals surface area contributed by atoms with E-state index in [1.165, 1.54) is 23.3 Å². The Kier molecular flexibility index (Phi) is 3.15. The van der Waals surface area contributed by atoms with Gasteiger partial charge in [0.05, 0.1) is 24.9 Å². The predicted molar refractivity (Wildman–Crippen MR) is 73.4 cm³/mol. The molecule has 1 aromatic heterocycles. The van der Waals surface area contributed by atoms with Crippen molar-refractivity contribution >= 4 is 40.3 Å². The summed E-state index contributed by atoms with van der Waals surface area (Å²) in [7, 11) is 1.50. The van der Waals surface area contributed by atoms with Gasteiger partial charge in [-0.25, -0.2) is 0 Å². The summed E-state index contributed by atoms with van der Waals surface area (Å²) in [4.78, 5) is 25.4. The van der Waals surface area contributed by atoms with Crippen molar-refractivity contribution in [3.63, 3.8) is 0 Å². The van der Waals surface area contributed by atoms with Crippen LogP contribution in [0.15, 0.2) is 18.2 Å². The SMILES string of the molecule is COc1ccc2c(c1)C(=O)C(=O)N2Cc1nnc(Cl)s1. The molecule has 0 saturated carbocycles. The van der Waals surface area contributed by atoms with Gasteiger partial charge in [-0.3, -0.25) is 14.5 Å². The first-order valence-corrected chi connectivity index (χ1v) is 6.81. The first-order chi connectivity index (χ1) is 9.60. The van der Waals surface area contributed by atoms with Crippen molar-refractivity contribution in [2.75, 3.05) is 12.0 Å². The number of rotatable bonds is 3. The number of halogens is 1. The molecule has 0 saturated heterocycles. The lowest BCUT2D eigenvalue weighted by atomic mass is 10.1. The Labute approximate surface area is 122 Å². The summed E-state index contributed by atoms with van der Waals surface area (Å²) in [6, 6.07) is 4.94. The number of methoxy groups -OCH3 is 1. The first kappa shape index (κ1) is 13.0. The van der Waals surface area contributed by atoms with Crippen LogP contribution in [-0.4, -0.2) is 29.0 Å². The van der Waals surface area contributed by atoms with Gasteiger partial charge in [0, 0.05) is 0 Å². The number of fused-ring (bicyclic) bond motifs is 1. The normalized spacial score (nSPS) is 13.8. The van der Waals surface area contributed by atoms with E-state index in [4.69, 9.17) is 16.3 Å². The molecule has 20 heavy (non-hydrogen) atoms. The molecular weight excluding hydrogens is 302 g/mol. The van der Waals surface area contributed by atoms with Gasteiger partial charge in [-0.1, -0.05) is 11.3 Å². The Hall–Kier alpha value is -1.99. The van der Waals surface area contributed by atoms with Gasteiger partial charge in [0.25, 0.3) is 11.7 Å². The van der Waals surface area contributed by atoms with E-state index in [0.717, 1.165) is 0 Å². The maximum atomic E-state index is 12.0. The van der Waals surface area contributed by atoms with Crippen LogP contribution < -0.4 is 9.64 Å². The van der Waals surface area contributed by atoms with E-state index in [2.05, 4.69) is 10.2 Å². The highest BCUT2D eigenvalue weighted by molar-refractivity contribution is 7.15. The molecule has 3 rings (SSSR count). The zero-order valence-corrected chi connectivity index (χ0v) is 11.9. The Bertz CT molecular complexity index is 716. The molecule has 6 nitrogen and oxygen atoms in total. The number of hydrogen-bond donors (Lipinski definition) is 0. The van der Waals surface area contributed by atoms with Crippen LogP contribution in [0.2, 0.25) is 4.47 Å². The van der Waals surface area contributed by atoms with Gasteiger partial charge < -0.3 is 4.74 Å². The number of nitrogens with zero attached hydrogens (tertiary/aromatic N) is 3. The van der Waals surface area contributed by atoms with E-state index in [9.17, 15) is 9.59 Å². The molecule has 0 spiro atoms. The van der Waals surface area contributed by atoms with Gasteiger partial charge in [0.15, 0.2) is 0 Å². The standard InChI is InChI=1S/C12H8ClN3O3S/c1-19-6-2-3-8-7(4-6)10(17)11(18)16(8)5-9-14-15-12(13)20-9/h2-4H,5H2,1H3. The maximum Gasteiger partial charge on any atom is 0.299 e. The highest BCUT2D eigenvalue weighted by Crippen LogP contribution is 2.33. The third kappa shape index (κ3) is 2.04. The lowest BCUT2D eigenvalue weighted by Gasteiger charge is -2.14. The molecule has 0 aliphatic carbocycles. The number of ether oxygens (including phenoxy) is 1. The van der Waals surface area contributed by atoms with Crippen LogP contribution in [0.1, 0.15) is 15.4 Å². The van der Waals surface area contributed by atoms with Crippen LogP contribution >= 0.6 is 22.9 Å². The molecule has 0 radical (unpaired) electrons. The number of hydrogen-bond acceptors (Lipinski definition) is 6. The van der Waals surface area contributed by atoms with Gasteiger partial charge in [0.2, 0.25) is 4.47 Å². The lowest BCUT2D eigenvalue weighted by Crippen LogP contribution is -2.29. The molecule has 1 aliphatic rings. The zero-order chi connectivity index (χ0) is 14.3. The Balaban J connectivity index is 1.98. The number of carbonyl (C=O) groups excluding carboxylic acids is 2. The number of Topliss-reactive ketones (excluding diaryl/α,β-unsaturated/α-hetero) is 1. The summed E-state index contributed by atoms with van der Waals surface area (Å²) in [5.41, 5.74) is 0.886. The number of carbonyl (C=O) groups is 2. The highest BCUT2D eigenvalue weighted by atomic mass is 35.5. The van der Waals surface area contributed by atoms with E-state index >= 15 is 0 Å². The number of aromatic nitrogens is 2. The summed E-state index contributed by atoms with van der Waals surface area (Å²) in [5, 5.41) is 8.10.